The highest BCUT2D eigenvalue weighted by Gasteiger charge is 2.45. The predicted molar refractivity (Wildman–Crippen MR) is 83.3 cm³/mol. The lowest BCUT2D eigenvalue weighted by Gasteiger charge is -2.34. The molecule has 6 nitrogen and oxygen atoms in total. The van der Waals surface area contributed by atoms with E-state index in [4.69, 9.17) is 4.74 Å². The Morgan fingerprint density at radius 2 is 2.04 bits per heavy atom. The van der Waals surface area contributed by atoms with Crippen molar-refractivity contribution in [1.82, 2.24) is 10.2 Å². The second-order valence-electron chi connectivity index (χ2n) is 7.41. The lowest BCUT2D eigenvalue weighted by atomic mass is 9.87. The van der Waals surface area contributed by atoms with Gasteiger partial charge in [0, 0.05) is 19.1 Å². The van der Waals surface area contributed by atoms with E-state index in [-0.39, 0.29) is 36.3 Å². The first-order chi connectivity index (χ1) is 11.0. The summed E-state index contributed by atoms with van der Waals surface area (Å²) in [6.07, 6.45) is 4.45. The molecule has 2 saturated heterocycles. The maximum Gasteiger partial charge on any atom is 0.249 e. The van der Waals surface area contributed by atoms with E-state index in [0.717, 1.165) is 25.7 Å². The third kappa shape index (κ3) is 3.74. The highest BCUT2D eigenvalue weighted by Crippen LogP contribution is 2.34. The predicted octanol–water partition coefficient (Wildman–Crippen LogP) is 1.23. The molecule has 23 heavy (non-hydrogen) atoms. The maximum absolute atomic E-state index is 12.8. The molecule has 3 rings (SSSR count). The first kappa shape index (κ1) is 16.4. The second-order valence-corrected chi connectivity index (χ2v) is 7.41. The van der Waals surface area contributed by atoms with Crippen LogP contribution in [-0.4, -0.2) is 47.4 Å². The van der Waals surface area contributed by atoms with Crippen molar-refractivity contribution in [2.75, 3.05) is 6.61 Å². The summed E-state index contributed by atoms with van der Waals surface area (Å²) < 4.78 is 5.77. The van der Waals surface area contributed by atoms with Crippen LogP contribution in [0.25, 0.3) is 0 Å². The van der Waals surface area contributed by atoms with Gasteiger partial charge in [0.25, 0.3) is 0 Å². The average Bonchev–Trinajstić information content (AvgIpc) is 3.25. The van der Waals surface area contributed by atoms with Gasteiger partial charge in [-0.05, 0) is 37.5 Å². The number of carbonyl (C=O) groups is 3. The fourth-order valence-electron chi connectivity index (χ4n) is 3.65. The van der Waals surface area contributed by atoms with Crippen LogP contribution in [0.5, 0.6) is 0 Å². The van der Waals surface area contributed by atoms with Gasteiger partial charge >= 0.3 is 0 Å². The van der Waals surface area contributed by atoms with Gasteiger partial charge in [-0.2, -0.15) is 0 Å². The summed E-state index contributed by atoms with van der Waals surface area (Å²) in [5, 5.41) is 2.32. The molecule has 0 bridgehead atoms. The van der Waals surface area contributed by atoms with Gasteiger partial charge < -0.3 is 9.64 Å². The molecule has 3 aliphatic rings. The van der Waals surface area contributed by atoms with E-state index < -0.39 is 6.04 Å². The fourth-order valence-corrected chi connectivity index (χ4v) is 3.65. The molecular formula is C17H26N2O4. The standard InChI is InChI=1S/C17H26N2O4/c1-10(2)14-7-11(5-6-23-14)8-16(21)19(12-3-4-12)13-9-15(20)18-17(13)22/h10-14H,3-9H2,1-2H3,(H,18,20,22)/t11-,13-,14+/m1/s1. The SMILES string of the molecule is CC(C)[C@@H]1C[C@H](CC(=O)N(C2CC2)[C@@H]2CC(=O)NC2=O)CCO1. The number of amides is 3. The van der Waals surface area contributed by atoms with Crippen LogP contribution in [0.1, 0.15) is 52.4 Å². The lowest BCUT2D eigenvalue weighted by Crippen LogP contribution is -2.46. The summed E-state index contributed by atoms with van der Waals surface area (Å²) in [5.41, 5.74) is 0. The number of imide groups is 1. The molecule has 1 N–H and O–H groups in total. The molecule has 2 heterocycles. The fraction of sp³-hybridized carbons (Fsp3) is 0.824. The van der Waals surface area contributed by atoms with Crippen LogP contribution in [0.3, 0.4) is 0 Å². The molecule has 3 amide bonds. The summed E-state index contributed by atoms with van der Waals surface area (Å²) in [7, 11) is 0. The van der Waals surface area contributed by atoms with E-state index in [1.165, 1.54) is 0 Å². The first-order valence-corrected chi connectivity index (χ1v) is 8.72. The zero-order valence-electron chi connectivity index (χ0n) is 13.9. The van der Waals surface area contributed by atoms with Crippen molar-refractivity contribution >= 4 is 17.7 Å². The molecule has 128 valence electrons. The van der Waals surface area contributed by atoms with Crippen LogP contribution >= 0.6 is 0 Å². The Bertz CT molecular complexity index is 501. The van der Waals surface area contributed by atoms with Crippen LogP contribution in [0, 0.1) is 11.8 Å². The topological polar surface area (TPSA) is 75.7 Å². The van der Waals surface area contributed by atoms with E-state index in [9.17, 15) is 14.4 Å². The third-order valence-corrected chi connectivity index (χ3v) is 5.14. The zero-order valence-corrected chi connectivity index (χ0v) is 13.9. The van der Waals surface area contributed by atoms with Gasteiger partial charge in [-0.1, -0.05) is 13.8 Å². The van der Waals surface area contributed by atoms with Crippen LogP contribution in [-0.2, 0) is 19.1 Å². The number of nitrogens with zero attached hydrogens (tertiary/aromatic N) is 1. The quantitative estimate of drug-likeness (QED) is 0.773. The molecule has 0 aromatic carbocycles. The summed E-state index contributed by atoms with van der Waals surface area (Å²) in [6, 6.07) is -0.451. The maximum atomic E-state index is 12.8. The Labute approximate surface area is 136 Å². The van der Waals surface area contributed by atoms with E-state index >= 15 is 0 Å². The first-order valence-electron chi connectivity index (χ1n) is 8.72. The highest BCUT2D eigenvalue weighted by atomic mass is 16.5. The minimum atomic E-state index is -0.594. The Hall–Kier alpha value is -1.43. The van der Waals surface area contributed by atoms with Gasteiger partial charge in [-0.15, -0.1) is 0 Å². The van der Waals surface area contributed by atoms with Crippen molar-refractivity contribution in [1.29, 1.82) is 0 Å². The minimum Gasteiger partial charge on any atom is -0.378 e. The number of nitrogens with one attached hydrogen (secondary N) is 1. The molecule has 6 heteroatoms. The number of carbonyl (C=O) groups excluding carboxylic acids is 3. The van der Waals surface area contributed by atoms with Gasteiger partial charge in [0.2, 0.25) is 17.7 Å². The molecule has 0 spiro atoms. The number of rotatable bonds is 5. The second kappa shape index (κ2) is 6.59. The van der Waals surface area contributed by atoms with Gasteiger partial charge in [-0.25, -0.2) is 0 Å². The molecular weight excluding hydrogens is 296 g/mol. The summed E-state index contributed by atoms with van der Waals surface area (Å²) >= 11 is 0. The number of hydrogen-bond donors (Lipinski definition) is 1. The zero-order chi connectivity index (χ0) is 16.6. The van der Waals surface area contributed by atoms with E-state index in [2.05, 4.69) is 19.2 Å². The average molecular weight is 322 g/mol. The molecule has 0 radical (unpaired) electrons. The molecule has 1 saturated carbocycles. The van der Waals surface area contributed by atoms with Crippen molar-refractivity contribution in [3.63, 3.8) is 0 Å². The highest BCUT2D eigenvalue weighted by molar-refractivity contribution is 6.06. The molecule has 0 aromatic rings. The van der Waals surface area contributed by atoms with Crippen LogP contribution < -0.4 is 5.32 Å². The van der Waals surface area contributed by atoms with Crippen molar-refractivity contribution < 1.29 is 19.1 Å². The van der Waals surface area contributed by atoms with Crippen LogP contribution in [0.4, 0.5) is 0 Å². The molecule has 2 aliphatic heterocycles. The summed E-state index contributed by atoms with van der Waals surface area (Å²) in [6.45, 7) is 4.98. The van der Waals surface area contributed by atoms with E-state index in [0.29, 0.717) is 24.9 Å². The Kier molecular flexibility index (Phi) is 4.71. The van der Waals surface area contributed by atoms with Crippen molar-refractivity contribution in [2.45, 2.75) is 70.6 Å². The number of ether oxygens (including phenoxy) is 1. The van der Waals surface area contributed by atoms with Crippen molar-refractivity contribution in [3.05, 3.63) is 0 Å². The smallest absolute Gasteiger partial charge is 0.249 e. The van der Waals surface area contributed by atoms with Crippen molar-refractivity contribution in [3.8, 4) is 0 Å². The molecule has 0 aromatic heterocycles. The van der Waals surface area contributed by atoms with E-state index in [1.54, 1.807) is 4.90 Å². The molecule has 3 fully saturated rings. The van der Waals surface area contributed by atoms with E-state index in [1.807, 2.05) is 0 Å². The monoisotopic (exact) mass is 322 g/mol. The third-order valence-electron chi connectivity index (χ3n) is 5.14. The van der Waals surface area contributed by atoms with Gasteiger partial charge in [0.05, 0.1) is 12.5 Å². The van der Waals surface area contributed by atoms with Crippen LogP contribution in [0.2, 0.25) is 0 Å². The van der Waals surface area contributed by atoms with Crippen molar-refractivity contribution in [2.24, 2.45) is 11.8 Å². The number of hydrogen-bond acceptors (Lipinski definition) is 4. The Morgan fingerprint density at radius 1 is 1.30 bits per heavy atom. The lowest BCUT2D eigenvalue weighted by molar-refractivity contribution is -0.141. The van der Waals surface area contributed by atoms with Crippen LogP contribution in [0.15, 0.2) is 0 Å². The van der Waals surface area contributed by atoms with Gasteiger partial charge in [0.1, 0.15) is 6.04 Å². The molecule has 3 atom stereocenters. The summed E-state index contributed by atoms with van der Waals surface area (Å²) in [5.74, 6) is 0.194. The van der Waals surface area contributed by atoms with Gasteiger partial charge in [0.15, 0.2) is 0 Å². The Morgan fingerprint density at radius 3 is 2.61 bits per heavy atom. The summed E-state index contributed by atoms with van der Waals surface area (Å²) in [4.78, 5) is 37.9. The Balaban J connectivity index is 1.63. The van der Waals surface area contributed by atoms with Gasteiger partial charge in [-0.3, -0.25) is 19.7 Å². The minimum absolute atomic E-state index is 0.0248. The molecule has 1 aliphatic carbocycles. The largest absolute Gasteiger partial charge is 0.378 e. The normalized spacial score (nSPS) is 31.3. The molecule has 0 unspecified atom stereocenters.